The molecule has 1 aromatic heterocycles. The van der Waals surface area contributed by atoms with E-state index in [1.54, 1.807) is 0 Å². The maximum atomic E-state index is 13.1. The van der Waals surface area contributed by atoms with E-state index in [1.807, 2.05) is 35.4 Å². The summed E-state index contributed by atoms with van der Waals surface area (Å²) in [4.78, 5) is 28.7. The molecule has 1 aromatic carbocycles. The number of ether oxygens (including phenoxy) is 1. The van der Waals surface area contributed by atoms with Crippen molar-refractivity contribution in [2.24, 2.45) is 0 Å². The molecule has 1 unspecified atom stereocenters. The minimum absolute atomic E-state index is 0.0604. The van der Waals surface area contributed by atoms with Crippen LogP contribution in [-0.2, 0) is 9.53 Å². The summed E-state index contributed by atoms with van der Waals surface area (Å²) in [6, 6.07) is 12.1. The number of carbonyl (C=O) groups is 1. The second kappa shape index (κ2) is 9.22. The number of aromatic nitrogens is 2. The van der Waals surface area contributed by atoms with Crippen LogP contribution in [0.15, 0.2) is 42.6 Å². The summed E-state index contributed by atoms with van der Waals surface area (Å²) in [5.41, 5.74) is 1.10. The van der Waals surface area contributed by atoms with Gasteiger partial charge in [-0.2, -0.15) is 4.98 Å². The summed E-state index contributed by atoms with van der Waals surface area (Å²) >= 11 is 0. The van der Waals surface area contributed by atoms with Gasteiger partial charge in [0.1, 0.15) is 5.82 Å². The summed E-state index contributed by atoms with van der Waals surface area (Å²) in [6.07, 6.45) is 2.64. The Kier molecular flexibility index (Phi) is 6.24. The Morgan fingerprint density at radius 3 is 2.41 bits per heavy atom. The molecule has 0 spiro atoms. The molecule has 3 heterocycles. The number of hydrogen-bond acceptors (Lipinski definition) is 6. The summed E-state index contributed by atoms with van der Waals surface area (Å²) < 4.78 is 5.42. The third kappa shape index (κ3) is 4.50. The fourth-order valence-electron chi connectivity index (χ4n) is 4.05. The quantitative estimate of drug-likeness (QED) is 0.773. The first kappa shape index (κ1) is 19.6. The van der Waals surface area contributed by atoms with Crippen molar-refractivity contribution in [1.82, 2.24) is 14.9 Å². The van der Waals surface area contributed by atoms with Crippen LogP contribution in [0.3, 0.4) is 0 Å². The van der Waals surface area contributed by atoms with E-state index in [-0.39, 0.29) is 11.8 Å². The predicted octanol–water partition coefficient (Wildman–Crippen LogP) is 2.16. The lowest BCUT2D eigenvalue weighted by atomic mass is 9.95. The number of piperazine rings is 1. The highest BCUT2D eigenvalue weighted by molar-refractivity contribution is 5.84. The molecular weight excluding hydrogens is 366 g/mol. The van der Waals surface area contributed by atoms with Gasteiger partial charge in [-0.05, 0) is 18.1 Å². The van der Waals surface area contributed by atoms with Gasteiger partial charge in [0.2, 0.25) is 11.9 Å². The maximum absolute atomic E-state index is 13.1. The van der Waals surface area contributed by atoms with Crippen LogP contribution in [0.25, 0.3) is 0 Å². The standard InChI is InChI=1S/C22H29N5O2/c1-2-19(18-6-4-3-5-7-18)21(28)26-12-10-25(11-13-26)20-8-9-23-22(24-20)27-14-16-29-17-15-27/h3-9,19H,2,10-17H2,1H3. The third-order valence-electron chi connectivity index (χ3n) is 5.75. The van der Waals surface area contributed by atoms with Crippen LogP contribution in [0.2, 0.25) is 0 Å². The minimum Gasteiger partial charge on any atom is -0.378 e. The number of hydrogen-bond donors (Lipinski definition) is 0. The molecule has 154 valence electrons. The molecule has 7 nitrogen and oxygen atoms in total. The summed E-state index contributed by atoms with van der Waals surface area (Å²) in [7, 11) is 0. The van der Waals surface area contributed by atoms with Crippen LogP contribution in [-0.4, -0.2) is 73.3 Å². The van der Waals surface area contributed by atoms with Gasteiger partial charge in [0.15, 0.2) is 0 Å². The second-order valence-corrected chi connectivity index (χ2v) is 7.50. The van der Waals surface area contributed by atoms with Gasteiger partial charge in [-0.3, -0.25) is 4.79 Å². The van der Waals surface area contributed by atoms with Crippen LogP contribution < -0.4 is 9.80 Å². The maximum Gasteiger partial charge on any atom is 0.230 e. The van der Waals surface area contributed by atoms with Crippen molar-refractivity contribution < 1.29 is 9.53 Å². The van der Waals surface area contributed by atoms with Gasteiger partial charge >= 0.3 is 0 Å². The highest BCUT2D eigenvalue weighted by atomic mass is 16.5. The molecular formula is C22H29N5O2. The Balaban J connectivity index is 1.38. The largest absolute Gasteiger partial charge is 0.378 e. The van der Waals surface area contributed by atoms with E-state index in [4.69, 9.17) is 9.72 Å². The first-order chi connectivity index (χ1) is 14.3. The number of anilines is 2. The van der Waals surface area contributed by atoms with Crippen LogP contribution in [0.4, 0.5) is 11.8 Å². The number of carbonyl (C=O) groups excluding carboxylic acids is 1. The van der Waals surface area contributed by atoms with Crippen LogP contribution in [0.1, 0.15) is 24.8 Å². The van der Waals surface area contributed by atoms with E-state index in [2.05, 4.69) is 33.8 Å². The highest BCUT2D eigenvalue weighted by Gasteiger charge is 2.28. The lowest BCUT2D eigenvalue weighted by Crippen LogP contribution is -2.50. The van der Waals surface area contributed by atoms with Crippen LogP contribution in [0.5, 0.6) is 0 Å². The molecule has 2 aliphatic rings. The smallest absolute Gasteiger partial charge is 0.230 e. The van der Waals surface area contributed by atoms with Crippen molar-refractivity contribution in [2.75, 3.05) is 62.3 Å². The topological polar surface area (TPSA) is 61.8 Å². The van der Waals surface area contributed by atoms with Crippen LogP contribution >= 0.6 is 0 Å². The molecule has 29 heavy (non-hydrogen) atoms. The van der Waals surface area contributed by atoms with E-state index in [0.29, 0.717) is 13.2 Å². The fraction of sp³-hybridized carbons (Fsp3) is 0.500. The Hall–Kier alpha value is -2.67. The van der Waals surface area contributed by atoms with Crippen molar-refractivity contribution in [1.29, 1.82) is 0 Å². The van der Waals surface area contributed by atoms with Crippen molar-refractivity contribution in [2.45, 2.75) is 19.3 Å². The normalized spacial score (nSPS) is 18.6. The lowest BCUT2D eigenvalue weighted by molar-refractivity contribution is -0.133. The predicted molar refractivity (Wildman–Crippen MR) is 113 cm³/mol. The van der Waals surface area contributed by atoms with Crippen molar-refractivity contribution >= 4 is 17.7 Å². The molecule has 7 heteroatoms. The highest BCUT2D eigenvalue weighted by Crippen LogP contribution is 2.24. The second-order valence-electron chi connectivity index (χ2n) is 7.50. The molecule has 2 fully saturated rings. The van der Waals surface area contributed by atoms with E-state index in [0.717, 1.165) is 63.0 Å². The third-order valence-corrected chi connectivity index (χ3v) is 5.75. The molecule has 2 aromatic rings. The molecule has 0 aliphatic carbocycles. The summed E-state index contributed by atoms with van der Waals surface area (Å²) in [5, 5.41) is 0. The van der Waals surface area contributed by atoms with E-state index in [9.17, 15) is 4.79 Å². The summed E-state index contributed by atoms with van der Waals surface area (Å²) in [5.74, 6) is 1.87. The molecule has 0 radical (unpaired) electrons. The van der Waals surface area contributed by atoms with Gasteiger partial charge < -0.3 is 19.4 Å². The van der Waals surface area contributed by atoms with E-state index < -0.39 is 0 Å². The number of morpholine rings is 1. The fourth-order valence-corrected chi connectivity index (χ4v) is 4.05. The zero-order valence-electron chi connectivity index (χ0n) is 17.0. The Morgan fingerprint density at radius 1 is 1.00 bits per heavy atom. The zero-order valence-corrected chi connectivity index (χ0v) is 17.0. The molecule has 0 bridgehead atoms. The zero-order chi connectivity index (χ0) is 20.1. The van der Waals surface area contributed by atoms with Gasteiger partial charge in [-0.25, -0.2) is 4.98 Å². The average Bonchev–Trinajstić information content (AvgIpc) is 2.81. The Labute approximate surface area is 172 Å². The first-order valence-electron chi connectivity index (χ1n) is 10.5. The number of nitrogens with zero attached hydrogens (tertiary/aromatic N) is 5. The molecule has 4 rings (SSSR count). The molecule has 1 amide bonds. The van der Waals surface area contributed by atoms with Crippen molar-refractivity contribution in [3.05, 3.63) is 48.2 Å². The van der Waals surface area contributed by atoms with E-state index >= 15 is 0 Å². The summed E-state index contributed by atoms with van der Waals surface area (Å²) in [6.45, 7) is 8.18. The van der Waals surface area contributed by atoms with Crippen LogP contribution in [0, 0.1) is 0 Å². The SMILES string of the molecule is CCC(C(=O)N1CCN(c2ccnc(N3CCOCC3)n2)CC1)c1ccccc1. The van der Waals surface area contributed by atoms with Crippen molar-refractivity contribution in [3.8, 4) is 0 Å². The molecule has 2 aliphatic heterocycles. The number of benzene rings is 1. The molecule has 1 atom stereocenters. The molecule has 0 saturated carbocycles. The minimum atomic E-state index is -0.0604. The van der Waals surface area contributed by atoms with Gasteiger partial charge in [0.05, 0.1) is 19.1 Å². The van der Waals surface area contributed by atoms with Gasteiger partial charge in [-0.1, -0.05) is 37.3 Å². The van der Waals surface area contributed by atoms with Crippen molar-refractivity contribution in [3.63, 3.8) is 0 Å². The Morgan fingerprint density at radius 2 is 1.72 bits per heavy atom. The first-order valence-corrected chi connectivity index (χ1v) is 10.5. The lowest BCUT2D eigenvalue weighted by Gasteiger charge is -2.37. The monoisotopic (exact) mass is 395 g/mol. The number of amides is 1. The Bertz CT molecular complexity index is 802. The van der Waals surface area contributed by atoms with Gasteiger partial charge in [0.25, 0.3) is 0 Å². The number of rotatable bonds is 5. The average molecular weight is 396 g/mol. The molecule has 2 saturated heterocycles. The van der Waals surface area contributed by atoms with Gasteiger partial charge in [-0.15, -0.1) is 0 Å². The van der Waals surface area contributed by atoms with Gasteiger partial charge in [0, 0.05) is 45.5 Å². The van der Waals surface area contributed by atoms with E-state index in [1.165, 1.54) is 0 Å². The molecule has 0 N–H and O–H groups in total.